The Morgan fingerprint density at radius 1 is 1.24 bits per heavy atom. The van der Waals surface area contributed by atoms with Gasteiger partial charge in [0, 0.05) is 6.20 Å². The molecule has 108 valence electrons. The van der Waals surface area contributed by atoms with Crippen molar-refractivity contribution >= 4 is 17.5 Å². The fourth-order valence-corrected chi connectivity index (χ4v) is 2.82. The number of aromatic amines is 1. The smallest absolute Gasteiger partial charge is 0.266 e. The average molecular weight is 303 g/mol. The molecular formula is C16H15ClN2O2. The zero-order valence-electron chi connectivity index (χ0n) is 11.4. The molecule has 0 spiro atoms. The summed E-state index contributed by atoms with van der Waals surface area (Å²) in [5.41, 5.74) is 0.776. The number of nitrogens with one attached hydrogen (secondary N) is 2. The van der Waals surface area contributed by atoms with E-state index in [2.05, 4.69) is 10.3 Å². The molecule has 2 aromatic rings. The number of hydrogen-bond donors (Lipinski definition) is 2. The summed E-state index contributed by atoms with van der Waals surface area (Å²) >= 11 is 5.77. The van der Waals surface area contributed by atoms with Gasteiger partial charge in [0.05, 0.1) is 11.1 Å². The Kier molecular flexibility index (Phi) is 3.55. The third-order valence-corrected chi connectivity index (χ3v) is 4.29. The molecule has 1 fully saturated rings. The number of amides is 1. The van der Waals surface area contributed by atoms with Gasteiger partial charge in [-0.25, -0.2) is 0 Å². The molecule has 1 aromatic carbocycles. The van der Waals surface area contributed by atoms with E-state index in [-0.39, 0.29) is 16.5 Å². The monoisotopic (exact) mass is 302 g/mol. The molecule has 2 N–H and O–H groups in total. The van der Waals surface area contributed by atoms with Crippen molar-refractivity contribution in [1.29, 1.82) is 0 Å². The topological polar surface area (TPSA) is 62.0 Å². The molecule has 1 saturated carbocycles. The molecule has 0 atom stereocenters. The summed E-state index contributed by atoms with van der Waals surface area (Å²) in [6, 6.07) is 11.3. The van der Waals surface area contributed by atoms with Crippen LogP contribution in [0.4, 0.5) is 0 Å². The van der Waals surface area contributed by atoms with Gasteiger partial charge in [-0.2, -0.15) is 0 Å². The Hall–Kier alpha value is -2.07. The van der Waals surface area contributed by atoms with Crippen LogP contribution < -0.4 is 10.9 Å². The fourth-order valence-electron chi connectivity index (χ4n) is 2.65. The van der Waals surface area contributed by atoms with E-state index >= 15 is 0 Å². The maximum absolute atomic E-state index is 12.4. The van der Waals surface area contributed by atoms with Crippen LogP contribution in [-0.2, 0) is 5.54 Å². The summed E-state index contributed by atoms with van der Waals surface area (Å²) < 4.78 is 0. The Labute approximate surface area is 127 Å². The van der Waals surface area contributed by atoms with E-state index in [0.29, 0.717) is 5.56 Å². The van der Waals surface area contributed by atoms with Crippen molar-refractivity contribution in [3.05, 3.63) is 69.1 Å². The average Bonchev–Trinajstić information content (AvgIpc) is 2.46. The van der Waals surface area contributed by atoms with Crippen LogP contribution in [0.3, 0.4) is 0 Å². The predicted molar refractivity (Wildman–Crippen MR) is 81.5 cm³/mol. The molecule has 1 aliphatic rings. The first-order chi connectivity index (χ1) is 10.1. The molecule has 0 unspecified atom stereocenters. The molecular weight excluding hydrogens is 288 g/mol. The molecule has 0 radical (unpaired) electrons. The van der Waals surface area contributed by atoms with Crippen LogP contribution in [0, 0.1) is 0 Å². The lowest BCUT2D eigenvalue weighted by Gasteiger charge is -2.43. The number of rotatable bonds is 3. The second-order valence-corrected chi connectivity index (χ2v) is 5.73. The van der Waals surface area contributed by atoms with E-state index in [4.69, 9.17) is 11.6 Å². The summed E-state index contributed by atoms with van der Waals surface area (Å²) in [4.78, 5) is 26.1. The molecule has 1 amide bonds. The standard InChI is InChI=1S/C16H15ClN2O2/c17-13-9-11(10-18-15(13)21)14(20)19-16(7-4-8-16)12-5-2-1-3-6-12/h1-3,5-6,9-10H,4,7-8H2,(H,18,21)(H,19,20). The lowest BCUT2D eigenvalue weighted by Crippen LogP contribution is -2.50. The number of H-pyrrole nitrogens is 1. The molecule has 0 aliphatic heterocycles. The van der Waals surface area contributed by atoms with Crippen LogP contribution in [0.25, 0.3) is 0 Å². The molecule has 3 rings (SSSR count). The number of benzene rings is 1. The first-order valence-electron chi connectivity index (χ1n) is 6.87. The Balaban J connectivity index is 1.86. The minimum atomic E-state index is -0.394. The third-order valence-electron chi connectivity index (χ3n) is 4.01. The lowest BCUT2D eigenvalue weighted by atomic mass is 9.71. The first kappa shape index (κ1) is 13.9. The summed E-state index contributed by atoms with van der Waals surface area (Å²) in [5.74, 6) is -0.225. The van der Waals surface area contributed by atoms with Crippen LogP contribution >= 0.6 is 11.6 Å². The summed E-state index contributed by atoms with van der Waals surface area (Å²) in [6.45, 7) is 0. The van der Waals surface area contributed by atoms with Gasteiger partial charge < -0.3 is 10.3 Å². The molecule has 1 heterocycles. The van der Waals surface area contributed by atoms with Gasteiger partial charge in [0.25, 0.3) is 11.5 Å². The molecule has 1 aromatic heterocycles. The highest BCUT2D eigenvalue weighted by Gasteiger charge is 2.40. The van der Waals surface area contributed by atoms with E-state index in [1.165, 1.54) is 12.3 Å². The molecule has 0 bridgehead atoms. The second kappa shape index (κ2) is 5.37. The molecule has 1 aliphatic carbocycles. The van der Waals surface area contributed by atoms with Gasteiger partial charge in [-0.1, -0.05) is 41.9 Å². The van der Waals surface area contributed by atoms with Crippen molar-refractivity contribution in [2.75, 3.05) is 0 Å². The Morgan fingerprint density at radius 2 is 1.95 bits per heavy atom. The number of carbonyl (C=O) groups is 1. The minimum absolute atomic E-state index is 0.0185. The number of aromatic nitrogens is 1. The zero-order valence-corrected chi connectivity index (χ0v) is 12.1. The van der Waals surface area contributed by atoms with Crippen LogP contribution in [-0.4, -0.2) is 10.9 Å². The van der Waals surface area contributed by atoms with Gasteiger partial charge in [0.1, 0.15) is 5.02 Å². The van der Waals surface area contributed by atoms with Crippen molar-refractivity contribution in [3.8, 4) is 0 Å². The van der Waals surface area contributed by atoms with Crippen molar-refractivity contribution in [1.82, 2.24) is 10.3 Å². The van der Waals surface area contributed by atoms with Crippen molar-refractivity contribution in [3.63, 3.8) is 0 Å². The van der Waals surface area contributed by atoms with Gasteiger partial charge in [-0.15, -0.1) is 0 Å². The fraction of sp³-hybridized carbons (Fsp3) is 0.250. The van der Waals surface area contributed by atoms with Crippen LogP contribution in [0.2, 0.25) is 5.02 Å². The van der Waals surface area contributed by atoms with Crippen LogP contribution in [0.1, 0.15) is 35.2 Å². The number of pyridine rings is 1. The number of halogens is 1. The summed E-state index contributed by atoms with van der Waals surface area (Å²) in [7, 11) is 0. The maximum Gasteiger partial charge on any atom is 0.266 e. The number of carbonyl (C=O) groups excluding carboxylic acids is 1. The Bertz CT molecular complexity index is 721. The van der Waals surface area contributed by atoms with Crippen molar-refractivity contribution in [2.45, 2.75) is 24.8 Å². The molecule has 21 heavy (non-hydrogen) atoms. The second-order valence-electron chi connectivity index (χ2n) is 5.32. The van der Waals surface area contributed by atoms with Crippen molar-refractivity contribution in [2.24, 2.45) is 0 Å². The van der Waals surface area contributed by atoms with Gasteiger partial charge in [-0.3, -0.25) is 9.59 Å². The highest BCUT2D eigenvalue weighted by molar-refractivity contribution is 6.30. The van der Waals surface area contributed by atoms with Gasteiger partial charge in [0.2, 0.25) is 0 Å². The zero-order chi connectivity index (χ0) is 14.9. The Morgan fingerprint density at radius 3 is 2.52 bits per heavy atom. The highest BCUT2D eigenvalue weighted by Crippen LogP contribution is 2.41. The van der Waals surface area contributed by atoms with E-state index in [9.17, 15) is 9.59 Å². The SMILES string of the molecule is O=C(NC1(c2ccccc2)CCC1)c1c[nH]c(=O)c(Cl)c1. The van der Waals surface area contributed by atoms with Crippen LogP contribution in [0.15, 0.2) is 47.4 Å². The summed E-state index contributed by atoms with van der Waals surface area (Å²) in [5, 5.41) is 3.11. The number of hydrogen-bond acceptors (Lipinski definition) is 2. The van der Waals surface area contributed by atoms with Crippen molar-refractivity contribution < 1.29 is 4.79 Å². The van der Waals surface area contributed by atoms with E-state index in [1.807, 2.05) is 30.3 Å². The summed E-state index contributed by atoms with van der Waals surface area (Å²) in [6.07, 6.45) is 4.31. The maximum atomic E-state index is 12.4. The largest absolute Gasteiger partial charge is 0.342 e. The van der Waals surface area contributed by atoms with Gasteiger partial charge in [0.15, 0.2) is 0 Å². The lowest BCUT2D eigenvalue weighted by molar-refractivity contribution is 0.0823. The first-order valence-corrected chi connectivity index (χ1v) is 7.25. The normalized spacial score (nSPS) is 16.0. The van der Waals surface area contributed by atoms with Gasteiger partial charge in [-0.05, 0) is 30.9 Å². The van der Waals surface area contributed by atoms with E-state index in [0.717, 1.165) is 24.8 Å². The molecule has 5 heteroatoms. The van der Waals surface area contributed by atoms with Crippen LogP contribution in [0.5, 0.6) is 0 Å². The molecule has 4 nitrogen and oxygen atoms in total. The quantitative estimate of drug-likeness (QED) is 0.916. The minimum Gasteiger partial charge on any atom is -0.342 e. The molecule has 0 saturated heterocycles. The van der Waals surface area contributed by atoms with Gasteiger partial charge >= 0.3 is 0 Å². The van der Waals surface area contributed by atoms with E-state index in [1.54, 1.807) is 0 Å². The predicted octanol–water partition coefficient (Wildman–Crippen LogP) is 2.84. The third kappa shape index (κ3) is 2.59. The highest BCUT2D eigenvalue weighted by atomic mass is 35.5. The van der Waals surface area contributed by atoms with E-state index < -0.39 is 5.56 Å².